The number of rotatable bonds is 10. The van der Waals surface area contributed by atoms with Gasteiger partial charge in [0.15, 0.2) is 0 Å². The Morgan fingerprint density at radius 3 is 2.42 bits per heavy atom. The number of benzene rings is 3. The molecule has 0 aromatic heterocycles. The molecule has 2 amide bonds. The summed E-state index contributed by atoms with van der Waals surface area (Å²) >= 11 is 0. The number of aryl methyl sites for hydroxylation is 1. The maximum atomic E-state index is 12.8. The largest absolute Gasteiger partial charge is 0.494 e. The molecule has 1 aliphatic rings. The highest BCUT2D eigenvalue weighted by atomic mass is 16.5. The first kappa shape index (κ1) is 25.3. The summed E-state index contributed by atoms with van der Waals surface area (Å²) < 4.78 is 5.82. The Bertz CT molecular complexity index is 1120. The van der Waals surface area contributed by atoms with Crippen LogP contribution in [0.2, 0.25) is 0 Å². The van der Waals surface area contributed by atoms with E-state index in [0.29, 0.717) is 23.8 Å². The number of nitrogens with one attached hydrogen (secondary N) is 2. The lowest BCUT2D eigenvalue weighted by Crippen LogP contribution is -2.37. The van der Waals surface area contributed by atoms with Gasteiger partial charge >= 0.3 is 0 Å². The van der Waals surface area contributed by atoms with E-state index in [0.717, 1.165) is 50.2 Å². The number of hydrogen-bond acceptors (Lipinski definition) is 4. The van der Waals surface area contributed by atoms with Gasteiger partial charge in [-0.05, 0) is 79.6 Å². The number of nitrogens with zero attached hydrogens (tertiary/aromatic N) is 1. The fourth-order valence-corrected chi connectivity index (χ4v) is 4.29. The van der Waals surface area contributed by atoms with Crippen LogP contribution in [0.25, 0.3) is 0 Å². The molecule has 36 heavy (non-hydrogen) atoms. The zero-order valence-corrected chi connectivity index (χ0v) is 20.9. The topological polar surface area (TPSA) is 70.7 Å². The number of hydrogen-bond donors (Lipinski definition) is 2. The fraction of sp³-hybridized carbons (Fsp3) is 0.333. The van der Waals surface area contributed by atoms with Gasteiger partial charge in [0, 0.05) is 30.0 Å². The summed E-state index contributed by atoms with van der Waals surface area (Å²) in [4.78, 5) is 27.2. The van der Waals surface area contributed by atoms with Crippen molar-refractivity contribution in [2.24, 2.45) is 5.92 Å². The van der Waals surface area contributed by atoms with Crippen LogP contribution in [0.3, 0.4) is 0 Å². The van der Waals surface area contributed by atoms with Gasteiger partial charge in [-0.2, -0.15) is 0 Å². The minimum atomic E-state index is -0.159. The van der Waals surface area contributed by atoms with E-state index >= 15 is 0 Å². The van der Waals surface area contributed by atoms with Crippen molar-refractivity contribution in [3.05, 3.63) is 90.0 Å². The molecule has 1 aliphatic heterocycles. The van der Waals surface area contributed by atoms with Crippen molar-refractivity contribution >= 4 is 23.2 Å². The number of likely N-dealkylation sites (tertiary alicyclic amines) is 1. The molecule has 6 heteroatoms. The molecule has 0 aliphatic carbocycles. The van der Waals surface area contributed by atoms with Crippen molar-refractivity contribution in [2.45, 2.75) is 32.6 Å². The molecule has 0 unspecified atom stereocenters. The van der Waals surface area contributed by atoms with Crippen molar-refractivity contribution in [3.8, 4) is 5.75 Å². The highest BCUT2D eigenvalue weighted by Crippen LogP contribution is 2.20. The predicted molar refractivity (Wildman–Crippen MR) is 145 cm³/mol. The molecule has 1 saturated heterocycles. The van der Waals surface area contributed by atoms with Crippen LogP contribution in [-0.4, -0.2) is 43.0 Å². The number of anilines is 2. The Labute approximate surface area is 213 Å². The first-order valence-electron chi connectivity index (χ1n) is 12.8. The quantitative estimate of drug-likeness (QED) is 0.366. The summed E-state index contributed by atoms with van der Waals surface area (Å²) in [5, 5.41) is 6.01. The van der Waals surface area contributed by atoms with Crippen LogP contribution in [-0.2, 0) is 11.2 Å². The standard InChI is InChI=1S/C30H35N3O3/c1-23-16-18-33(19-17-23)30(35)25-10-5-11-27(21-25)31-22-29(34)32-26-12-14-28(15-13-26)36-20-6-9-24-7-3-2-4-8-24/h2-5,7-8,10-15,21,23,31H,6,9,16-20,22H2,1H3,(H,32,34). The molecule has 2 N–H and O–H groups in total. The van der Waals surface area contributed by atoms with Gasteiger partial charge in [-0.15, -0.1) is 0 Å². The van der Waals surface area contributed by atoms with Crippen molar-refractivity contribution in [2.75, 3.05) is 36.9 Å². The molecule has 0 saturated carbocycles. The first-order valence-corrected chi connectivity index (χ1v) is 12.8. The number of amides is 2. The summed E-state index contributed by atoms with van der Waals surface area (Å²) in [5.41, 5.74) is 3.42. The zero-order valence-electron chi connectivity index (χ0n) is 20.9. The Morgan fingerprint density at radius 2 is 1.67 bits per heavy atom. The molecule has 4 rings (SSSR count). The Kier molecular flexibility index (Phi) is 8.98. The van der Waals surface area contributed by atoms with Crippen LogP contribution in [0.4, 0.5) is 11.4 Å². The van der Waals surface area contributed by atoms with Crippen LogP contribution in [0.15, 0.2) is 78.9 Å². The second kappa shape index (κ2) is 12.8. The molecule has 1 fully saturated rings. The van der Waals surface area contributed by atoms with Gasteiger partial charge in [0.1, 0.15) is 5.75 Å². The molecular formula is C30H35N3O3. The van der Waals surface area contributed by atoms with Crippen molar-refractivity contribution < 1.29 is 14.3 Å². The molecule has 0 radical (unpaired) electrons. The van der Waals surface area contributed by atoms with E-state index in [4.69, 9.17) is 4.74 Å². The van der Waals surface area contributed by atoms with Crippen molar-refractivity contribution in [1.82, 2.24) is 4.90 Å². The Balaban J connectivity index is 1.19. The first-order chi connectivity index (χ1) is 17.6. The van der Waals surface area contributed by atoms with Crippen molar-refractivity contribution in [3.63, 3.8) is 0 Å². The molecule has 0 spiro atoms. The van der Waals surface area contributed by atoms with E-state index in [1.165, 1.54) is 5.56 Å². The van der Waals surface area contributed by atoms with Gasteiger partial charge in [-0.25, -0.2) is 0 Å². The maximum absolute atomic E-state index is 12.8. The summed E-state index contributed by atoms with van der Waals surface area (Å²) in [6, 6.07) is 25.1. The molecule has 6 nitrogen and oxygen atoms in total. The Hall–Kier alpha value is -3.80. The fourth-order valence-electron chi connectivity index (χ4n) is 4.29. The number of carbonyl (C=O) groups excluding carboxylic acids is 2. The molecule has 0 atom stereocenters. The second-order valence-corrected chi connectivity index (χ2v) is 9.42. The van der Waals surface area contributed by atoms with Gasteiger partial charge in [0.25, 0.3) is 5.91 Å². The van der Waals surface area contributed by atoms with Crippen LogP contribution in [0, 0.1) is 5.92 Å². The third-order valence-corrected chi connectivity index (χ3v) is 6.49. The summed E-state index contributed by atoms with van der Waals surface area (Å²) in [6.45, 7) is 4.59. The second-order valence-electron chi connectivity index (χ2n) is 9.42. The number of ether oxygens (including phenoxy) is 1. The minimum Gasteiger partial charge on any atom is -0.494 e. The van der Waals surface area contributed by atoms with Crippen LogP contribution in [0.1, 0.15) is 42.1 Å². The zero-order chi connectivity index (χ0) is 25.2. The highest BCUT2D eigenvalue weighted by molar-refractivity contribution is 5.96. The van der Waals surface area contributed by atoms with E-state index in [1.807, 2.05) is 71.6 Å². The van der Waals surface area contributed by atoms with Crippen LogP contribution >= 0.6 is 0 Å². The molecule has 3 aromatic carbocycles. The molecule has 188 valence electrons. The van der Waals surface area contributed by atoms with E-state index in [-0.39, 0.29) is 18.4 Å². The minimum absolute atomic E-state index is 0.0531. The summed E-state index contributed by atoms with van der Waals surface area (Å²) in [5.74, 6) is 1.35. The maximum Gasteiger partial charge on any atom is 0.253 e. The van der Waals surface area contributed by atoms with Gasteiger partial charge < -0.3 is 20.3 Å². The summed E-state index contributed by atoms with van der Waals surface area (Å²) in [7, 11) is 0. The Morgan fingerprint density at radius 1 is 0.917 bits per heavy atom. The van der Waals surface area contributed by atoms with Crippen molar-refractivity contribution in [1.29, 1.82) is 0 Å². The normalized spacial score (nSPS) is 13.8. The number of piperidine rings is 1. The summed E-state index contributed by atoms with van der Waals surface area (Å²) in [6.07, 6.45) is 4.02. The van der Waals surface area contributed by atoms with E-state index in [2.05, 4.69) is 29.7 Å². The smallest absolute Gasteiger partial charge is 0.253 e. The third-order valence-electron chi connectivity index (χ3n) is 6.49. The lowest BCUT2D eigenvalue weighted by atomic mass is 9.98. The van der Waals surface area contributed by atoms with E-state index < -0.39 is 0 Å². The van der Waals surface area contributed by atoms with Gasteiger partial charge in [0.2, 0.25) is 5.91 Å². The third kappa shape index (κ3) is 7.60. The van der Waals surface area contributed by atoms with Crippen LogP contribution < -0.4 is 15.4 Å². The lowest BCUT2D eigenvalue weighted by Gasteiger charge is -2.30. The van der Waals surface area contributed by atoms with Crippen LogP contribution in [0.5, 0.6) is 5.75 Å². The van der Waals surface area contributed by atoms with E-state index in [9.17, 15) is 9.59 Å². The molecule has 0 bridgehead atoms. The monoisotopic (exact) mass is 485 g/mol. The average molecular weight is 486 g/mol. The average Bonchev–Trinajstić information content (AvgIpc) is 2.92. The van der Waals surface area contributed by atoms with Gasteiger partial charge in [0.05, 0.1) is 13.2 Å². The number of carbonyl (C=O) groups is 2. The molecular weight excluding hydrogens is 450 g/mol. The highest BCUT2D eigenvalue weighted by Gasteiger charge is 2.21. The lowest BCUT2D eigenvalue weighted by molar-refractivity contribution is -0.114. The molecule has 1 heterocycles. The van der Waals surface area contributed by atoms with Gasteiger partial charge in [-0.3, -0.25) is 9.59 Å². The molecule has 3 aromatic rings. The van der Waals surface area contributed by atoms with Gasteiger partial charge in [-0.1, -0.05) is 43.3 Å². The SMILES string of the molecule is CC1CCN(C(=O)c2cccc(NCC(=O)Nc3ccc(OCCCc4ccccc4)cc3)c2)CC1. The van der Waals surface area contributed by atoms with E-state index in [1.54, 1.807) is 0 Å². The predicted octanol–water partition coefficient (Wildman–Crippen LogP) is 5.62.